The SMILES string of the molecule is CCC(=O)Nc1nc(-c2cccc(Br)c2)cs1. The summed E-state index contributed by atoms with van der Waals surface area (Å²) in [7, 11) is 0. The van der Waals surface area contributed by atoms with E-state index >= 15 is 0 Å². The van der Waals surface area contributed by atoms with Gasteiger partial charge in [0, 0.05) is 21.8 Å². The number of amides is 1. The Morgan fingerprint density at radius 1 is 1.53 bits per heavy atom. The molecule has 0 saturated heterocycles. The first-order valence-corrected chi connectivity index (χ1v) is 6.87. The quantitative estimate of drug-likeness (QED) is 0.933. The number of thiazole rings is 1. The zero-order valence-electron chi connectivity index (χ0n) is 9.24. The summed E-state index contributed by atoms with van der Waals surface area (Å²) in [5, 5.41) is 5.34. The van der Waals surface area contributed by atoms with Crippen LogP contribution in [0.5, 0.6) is 0 Å². The van der Waals surface area contributed by atoms with Crippen LogP contribution in [0, 0.1) is 0 Å². The Balaban J connectivity index is 2.21. The summed E-state index contributed by atoms with van der Waals surface area (Å²) in [4.78, 5) is 15.6. The maximum atomic E-state index is 11.2. The maximum Gasteiger partial charge on any atom is 0.225 e. The Kier molecular flexibility index (Phi) is 3.91. The molecule has 0 aliphatic carbocycles. The average molecular weight is 311 g/mol. The van der Waals surface area contributed by atoms with Gasteiger partial charge in [0.25, 0.3) is 0 Å². The van der Waals surface area contributed by atoms with Gasteiger partial charge in [-0.15, -0.1) is 11.3 Å². The Morgan fingerprint density at radius 2 is 2.35 bits per heavy atom. The molecule has 1 amide bonds. The molecule has 5 heteroatoms. The third-order valence-electron chi connectivity index (χ3n) is 2.19. The predicted octanol–water partition coefficient (Wildman–Crippen LogP) is 3.92. The molecule has 0 aliphatic rings. The van der Waals surface area contributed by atoms with Crippen molar-refractivity contribution in [3.63, 3.8) is 0 Å². The number of halogens is 1. The van der Waals surface area contributed by atoms with Gasteiger partial charge < -0.3 is 5.32 Å². The van der Waals surface area contributed by atoms with E-state index in [4.69, 9.17) is 0 Å². The van der Waals surface area contributed by atoms with Gasteiger partial charge >= 0.3 is 0 Å². The lowest BCUT2D eigenvalue weighted by atomic mass is 10.2. The number of carbonyl (C=O) groups excluding carboxylic acids is 1. The Morgan fingerprint density at radius 3 is 3.06 bits per heavy atom. The zero-order valence-corrected chi connectivity index (χ0v) is 11.6. The van der Waals surface area contributed by atoms with E-state index in [0.29, 0.717) is 11.6 Å². The summed E-state index contributed by atoms with van der Waals surface area (Å²) >= 11 is 4.86. The lowest BCUT2D eigenvalue weighted by Gasteiger charge is -1.98. The standard InChI is InChI=1S/C12H11BrN2OS/c1-2-11(16)15-12-14-10(7-17-12)8-4-3-5-9(13)6-8/h3-7H,2H2,1H3,(H,14,15,16). The van der Waals surface area contributed by atoms with E-state index in [2.05, 4.69) is 26.2 Å². The molecule has 0 unspecified atom stereocenters. The molecule has 0 saturated carbocycles. The smallest absolute Gasteiger partial charge is 0.225 e. The van der Waals surface area contributed by atoms with Crippen LogP contribution in [0.4, 0.5) is 5.13 Å². The van der Waals surface area contributed by atoms with Gasteiger partial charge in [-0.05, 0) is 12.1 Å². The Bertz CT molecular complexity index is 539. The van der Waals surface area contributed by atoms with Crippen molar-refractivity contribution >= 4 is 38.3 Å². The molecule has 1 aromatic carbocycles. The van der Waals surface area contributed by atoms with Crippen molar-refractivity contribution in [3.05, 3.63) is 34.1 Å². The van der Waals surface area contributed by atoms with Gasteiger partial charge in [0.1, 0.15) is 0 Å². The molecule has 2 aromatic rings. The van der Waals surface area contributed by atoms with Gasteiger partial charge in [0.2, 0.25) is 5.91 Å². The highest BCUT2D eigenvalue weighted by molar-refractivity contribution is 9.10. The topological polar surface area (TPSA) is 42.0 Å². The highest BCUT2D eigenvalue weighted by Gasteiger charge is 2.06. The third-order valence-corrected chi connectivity index (χ3v) is 3.44. The van der Waals surface area contributed by atoms with E-state index in [1.165, 1.54) is 11.3 Å². The van der Waals surface area contributed by atoms with Gasteiger partial charge in [-0.2, -0.15) is 0 Å². The molecule has 0 radical (unpaired) electrons. The van der Waals surface area contributed by atoms with Crippen LogP contribution in [-0.4, -0.2) is 10.9 Å². The summed E-state index contributed by atoms with van der Waals surface area (Å²) < 4.78 is 1.02. The molecule has 1 heterocycles. The van der Waals surface area contributed by atoms with Gasteiger partial charge in [0.05, 0.1) is 5.69 Å². The number of aromatic nitrogens is 1. The second-order valence-electron chi connectivity index (χ2n) is 3.45. The number of anilines is 1. The van der Waals surface area contributed by atoms with E-state index in [9.17, 15) is 4.79 Å². The number of hydrogen-bond acceptors (Lipinski definition) is 3. The number of rotatable bonds is 3. The normalized spacial score (nSPS) is 10.2. The van der Waals surface area contributed by atoms with Crippen molar-refractivity contribution in [3.8, 4) is 11.3 Å². The van der Waals surface area contributed by atoms with Crippen LogP contribution in [-0.2, 0) is 4.79 Å². The fraction of sp³-hybridized carbons (Fsp3) is 0.167. The summed E-state index contributed by atoms with van der Waals surface area (Å²) in [5.41, 5.74) is 1.91. The van der Waals surface area contributed by atoms with E-state index < -0.39 is 0 Å². The van der Waals surface area contributed by atoms with Crippen LogP contribution < -0.4 is 5.32 Å². The lowest BCUT2D eigenvalue weighted by Crippen LogP contribution is -2.08. The lowest BCUT2D eigenvalue weighted by molar-refractivity contribution is -0.115. The van der Waals surface area contributed by atoms with Crippen molar-refractivity contribution in [1.82, 2.24) is 4.98 Å². The van der Waals surface area contributed by atoms with Crippen molar-refractivity contribution in [2.45, 2.75) is 13.3 Å². The average Bonchev–Trinajstić information content (AvgIpc) is 2.77. The molecule has 2 rings (SSSR count). The Hall–Kier alpha value is -1.20. The van der Waals surface area contributed by atoms with E-state index in [0.717, 1.165) is 15.7 Å². The van der Waals surface area contributed by atoms with Crippen LogP contribution in [0.15, 0.2) is 34.1 Å². The van der Waals surface area contributed by atoms with E-state index in [-0.39, 0.29) is 5.91 Å². The second-order valence-corrected chi connectivity index (χ2v) is 5.22. The summed E-state index contributed by atoms with van der Waals surface area (Å²) in [6.45, 7) is 1.82. The van der Waals surface area contributed by atoms with Crippen molar-refractivity contribution in [2.75, 3.05) is 5.32 Å². The number of hydrogen-bond donors (Lipinski definition) is 1. The highest BCUT2D eigenvalue weighted by Crippen LogP contribution is 2.26. The minimum Gasteiger partial charge on any atom is -0.302 e. The van der Waals surface area contributed by atoms with Crippen LogP contribution in [0.1, 0.15) is 13.3 Å². The monoisotopic (exact) mass is 310 g/mol. The first kappa shape index (κ1) is 12.3. The third kappa shape index (κ3) is 3.14. The maximum absolute atomic E-state index is 11.2. The van der Waals surface area contributed by atoms with Gasteiger partial charge in [-0.3, -0.25) is 4.79 Å². The predicted molar refractivity (Wildman–Crippen MR) is 74.2 cm³/mol. The molecule has 0 fully saturated rings. The molecule has 0 bridgehead atoms. The summed E-state index contributed by atoms with van der Waals surface area (Å²) in [6, 6.07) is 7.92. The minimum absolute atomic E-state index is 0.0138. The van der Waals surface area contributed by atoms with Crippen LogP contribution >= 0.6 is 27.3 Å². The van der Waals surface area contributed by atoms with Gasteiger partial charge in [-0.1, -0.05) is 35.0 Å². The van der Waals surface area contributed by atoms with Gasteiger partial charge in [0.15, 0.2) is 5.13 Å². The fourth-order valence-electron chi connectivity index (χ4n) is 1.32. The Labute approximate surface area is 112 Å². The molecular weight excluding hydrogens is 300 g/mol. The highest BCUT2D eigenvalue weighted by atomic mass is 79.9. The molecular formula is C12H11BrN2OS. The van der Waals surface area contributed by atoms with Crippen LogP contribution in [0.2, 0.25) is 0 Å². The van der Waals surface area contributed by atoms with E-state index in [1.807, 2.05) is 36.6 Å². The molecule has 0 atom stereocenters. The fourth-order valence-corrected chi connectivity index (χ4v) is 2.45. The second kappa shape index (κ2) is 5.42. The molecule has 0 aliphatic heterocycles. The zero-order chi connectivity index (χ0) is 12.3. The largest absolute Gasteiger partial charge is 0.302 e. The summed E-state index contributed by atoms with van der Waals surface area (Å²) in [6.07, 6.45) is 0.464. The molecule has 1 aromatic heterocycles. The van der Waals surface area contributed by atoms with Gasteiger partial charge in [-0.25, -0.2) is 4.98 Å². The number of benzene rings is 1. The van der Waals surface area contributed by atoms with Crippen LogP contribution in [0.3, 0.4) is 0 Å². The first-order chi connectivity index (χ1) is 8.19. The first-order valence-electron chi connectivity index (χ1n) is 5.20. The van der Waals surface area contributed by atoms with Crippen molar-refractivity contribution in [2.24, 2.45) is 0 Å². The molecule has 1 N–H and O–H groups in total. The van der Waals surface area contributed by atoms with Crippen LogP contribution in [0.25, 0.3) is 11.3 Å². The molecule has 0 spiro atoms. The molecule has 88 valence electrons. The number of nitrogens with zero attached hydrogens (tertiary/aromatic N) is 1. The minimum atomic E-state index is -0.0138. The van der Waals surface area contributed by atoms with Crippen molar-refractivity contribution in [1.29, 1.82) is 0 Å². The van der Waals surface area contributed by atoms with E-state index in [1.54, 1.807) is 0 Å². The number of nitrogens with one attached hydrogen (secondary N) is 1. The molecule has 3 nitrogen and oxygen atoms in total. The van der Waals surface area contributed by atoms with Crippen molar-refractivity contribution < 1.29 is 4.79 Å². The number of carbonyl (C=O) groups is 1. The summed E-state index contributed by atoms with van der Waals surface area (Å²) in [5.74, 6) is -0.0138. The molecule has 17 heavy (non-hydrogen) atoms.